The van der Waals surface area contributed by atoms with Crippen molar-refractivity contribution in [3.8, 4) is 0 Å². The Labute approximate surface area is 108 Å². The summed E-state index contributed by atoms with van der Waals surface area (Å²) >= 11 is 0. The van der Waals surface area contributed by atoms with E-state index >= 15 is 0 Å². The van der Waals surface area contributed by atoms with E-state index in [0.29, 0.717) is 17.0 Å². The smallest absolute Gasteiger partial charge is 0.321 e. The number of benzene rings is 2. The summed E-state index contributed by atoms with van der Waals surface area (Å²) < 4.78 is 5.54. The highest BCUT2D eigenvalue weighted by molar-refractivity contribution is 5.94. The molecule has 3 rings (SSSR count). The first kappa shape index (κ1) is 11.7. The van der Waals surface area contributed by atoms with Gasteiger partial charge in [-0.25, -0.2) is 4.98 Å². The number of nitrogens with zero attached hydrogens (tertiary/aromatic N) is 1. The molecule has 0 aliphatic carbocycles. The third-order valence-corrected chi connectivity index (χ3v) is 3.01. The van der Waals surface area contributed by atoms with Crippen LogP contribution in [-0.4, -0.2) is 22.1 Å². The minimum atomic E-state index is -1.06. The van der Waals surface area contributed by atoms with Gasteiger partial charge in [-0.3, -0.25) is 4.79 Å². The first-order valence-electron chi connectivity index (χ1n) is 5.90. The van der Waals surface area contributed by atoms with E-state index in [4.69, 9.17) is 15.3 Å². The summed E-state index contributed by atoms with van der Waals surface area (Å²) in [6.45, 7) is 0. The van der Waals surface area contributed by atoms with Crippen LogP contribution in [0.3, 0.4) is 0 Å². The van der Waals surface area contributed by atoms with Gasteiger partial charge in [0.15, 0.2) is 11.5 Å². The Morgan fingerprint density at radius 2 is 2.00 bits per heavy atom. The second-order valence-electron chi connectivity index (χ2n) is 4.42. The lowest BCUT2D eigenvalue weighted by Crippen LogP contribution is -2.32. The first-order valence-corrected chi connectivity index (χ1v) is 5.90. The molecule has 1 heterocycles. The summed E-state index contributed by atoms with van der Waals surface area (Å²) in [6, 6.07) is 10.7. The zero-order chi connectivity index (χ0) is 13.4. The minimum absolute atomic E-state index is 0.0837. The van der Waals surface area contributed by atoms with Crippen molar-refractivity contribution in [1.29, 1.82) is 0 Å². The van der Waals surface area contributed by atoms with Crippen molar-refractivity contribution >= 4 is 27.8 Å². The van der Waals surface area contributed by atoms with Crippen LogP contribution in [0.25, 0.3) is 21.9 Å². The predicted octanol–water partition coefficient (Wildman–Crippen LogP) is 1.94. The molecule has 5 heteroatoms. The van der Waals surface area contributed by atoms with Gasteiger partial charge in [-0.2, -0.15) is 0 Å². The number of carbonyl (C=O) groups is 1. The Kier molecular flexibility index (Phi) is 2.68. The van der Waals surface area contributed by atoms with E-state index in [1.807, 2.05) is 36.4 Å². The number of fused-ring (bicyclic) bond motifs is 2. The maximum absolute atomic E-state index is 10.7. The van der Waals surface area contributed by atoms with E-state index in [0.717, 1.165) is 10.8 Å². The highest BCUT2D eigenvalue weighted by atomic mass is 16.4. The van der Waals surface area contributed by atoms with Crippen molar-refractivity contribution in [1.82, 2.24) is 4.98 Å². The van der Waals surface area contributed by atoms with Crippen LogP contribution >= 0.6 is 0 Å². The summed E-state index contributed by atoms with van der Waals surface area (Å²) in [7, 11) is 0. The molecule has 0 saturated carbocycles. The van der Waals surface area contributed by atoms with Gasteiger partial charge >= 0.3 is 5.97 Å². The third kappa shape index (κ3) is 2.15. The van der Waals surface area contributed by atoms with Gasteiger partial charge in [0, 0.05) is 0 Å². The van der Waals surface area contributed by atoms with Crippen LogP contribution in [0, 0.1) is 0 Å². The maximum atomic E-state index is 10.7. The molecule has 19 heavy (non-hydrogen) atoms. The molecule has 2 aromatic carbocycles. The summed E-state index contributed by atoms with van der Waals surface area (Å²) in [5.41, 5.74) is 6.83. The molecule has 3 N–H and O–H groups in total. The fourth-order valence-electron chi connectivity index (χ4n) is 2.02. The van der Waals surface area contributed by atoms with Crippen LogP contribution in [-0.2, 0) is 11.2 Å². The van der Waals surface area contributed by atoms with E-state index in [9.17, 15) is 4.79 Å². The summed E-state index contributed by atoms with van der Waals surface area (Å²) in [5, 5.41) is 10.9. The SMILES string of the molecule is N[C@H](Cc1nc2cc3ccccc3cc2o1)C(=O)O. The van der Waals surface area contributed by atoms with Crippen LogP contribution in [0.15, 0.2) is 40.8 Å². The van der Waals surface area contributed by atoms with Gasteiger partial charge in [-0.1, -0.05) is 24.3 Å². The topological polar surface area (TPSA) is 89.4 Å². The largest absolute Gasteiger partial charge is 0.480 e. The molecule has 0 bridgehead atoms. The zero-order valence-corrected chi connectivity index (χ0v) is 10.0. The molecule has 1 aromatic heterocycles. The third-order valence-electron chi connectivity index (χ3n) is 3.01. The quantitative estimate of drug-likeness (QED) is 0.747. The first-order chi connectivity index (χ1) is 9.13. The predicted molar refractivity (Wildman–Crippen MR) is 70.8 cm³/mol. The minimum Gasteiger partial charge on any atom is -0.480 e. The molecule has 0 aliphatic heterocycles. The van der Waals surface area contributed by atoms with Crippen LogP contribution in [0.5, 0.6) is 0 Å². The van der Waals surface area contributed by atoms with Gasteiger partial charge in [0.2, 0.25) is 0 Å². The lowest BCUT2D eigenvalue weighted by molar-refractivity contribution is -0.138. The van der Waals surface area contributed by atoms with Crippen molar-refractivity contribution in [2.45, 2.75) is 12.5 Å². The van der Waals surface area contributed by atoms with E-state index in [-0.39, 0.29) is 6.42 Å². The molecule has 0 radical (unpaired) electrons. The van der Waals surface area contributed by atoms with E-state index < -0.39 is 12.0 Å². The van der Waals surface area contributed by atoms with Crippen molar-refractivity contribution in [3.05, 3.63) is 42.3 Å². The van der Waals surface area contributed by atoms with Crippen molar-refractivity contribution in [2.75, 3.05) is 0 Å². The number of carboxylic acid groups (broad SMARTS) is 1. The van der Waals surface area contributed by atoms with Crippen LogP contribution in [0.2, 0.25) is 0 Å². The van der Waals surface area contributed by atoms with Crippen molar-refractivity contribution in [2.24, 2.45) is 5.73 Å². The standard InChI is InChI=1S/C14H12N2O3/c15-10(14(17)18)7-13-16-11-5-8-3-1-2-4-9(8)6-12(11)19-13/h1-6,10H,7,15H2,(H,17,18)/t10-/m1/s1. The van der Waals surface area contributed by atoms with Crippen LogP contribution in [0.1, 0.15) is 5.89 Å². The fraction of sp³-hybridized carbons (Fsp3) is 0.143. The Balaban J connectivity index is 2.05. The second kappa shape index (κ2) is 4.37. The van der Waals surface area contributed by atoms with E-state index in [1.54, 1.807) is 0 Å². The zero-order valence-electron chi connectivity index (χ0n) is 10.0. The van der Waals surface area contributed by atoms with Gasteiger partial charge in [0.05, 0.1) is 6.42 Å². The summed E-state index contributed by atoms with van der Waals surface area (Å²) in [5.74, 6) is -0.715. The fourth-order valence-corrected chi connectivity index (χ4v) is 2.02. The van der Waals surface area contributed by atoms with Gasteiger partial charge in [0.1, 0.15) is 11.6 Å². The maximum Gasteiger partial charge on any atom is 0.321 e. The lowest BCUT2D eigenvalue weighted by Gasteiger charge is -2.00. The number of rotatable bonds is 3. The Morgan fingerprint density at radius 1 is 1.32 bits per heavy atom. The molecule has 5 nitrogen and oxygen atoms in total. The molecule has 1 atom stereocenters. The molecule has 0 spiro atoms. The lowest BCUT2D eigenvalue weighted by atomic mass is 10.1. The molecule has 0 saturated heterocycles. The van der Waals surface area contributed by atoms with Crippen LogP contribution in [0.4, 0.5) is 0 Å². The van der Waals surface area contributed by atoms with E-state index in [2.05, 4.69) is 4.98 Å². The second-order valence-corrected chi connectivity index (χ2v) is 4.42. The van der Waals surface area contributed by atoms with Crippen molar-refractivity contribution in [3.63, 3.8) is 0 Å². The number of hydrogen-bond donors (Lipinski definition) is 2. The monoisotopic (exact) mass is 256 g/mol. The summed E-state index contributed by atoms with van der Waals surface area (Å²) in [6.07, 6.45) is 0.0837. The van der Waals surface area contributed by atoms with Crippen LogP contribution < -0.4 is 5.73 Å². The molecule has 0 aliphatic rings. The summed E-state index contributed by atoms with van der Waals surface area (Å²) in [4.78, 5) is 15.0. The number of carboxylic acids is 1. The molecule has 3 aromatic rings. The molecular weight excluding hydrogens is 244 g/mol. The normalized spacial score (nSPS) is 12.9. The number of aromatic nitrogens is 1. The Hall–Kier alpha value is -2.40. The molecule has 0 fully saturated rings. The number of hydrogen-bond acceptors (Lipinski definition) is 4. The highest BCUT2D eigenvalue weighted by Gasteiger charge is 2.16. The average molecular weight is 256 g/mol. The molecule has 0 amide bonds. The Bertz CT molecular complexity index is 711. The average Bonchev–Trinajstić information content (AvgIpc) is 2.76. The number of oxazole rings is 1. The molecular formula is C14H12N2O3. The van der Waals surface area contributed by atoms with Gasteiger partial charge < -0.3 is 15.3 Å². The van der Waals surface area contributed by atoms with Gasteiger partial charge in [-0.05, 0) is 22.9 Å². The molecule has 96 valence electrons. The number of nitrogens with two attached hydrogens (primary N) is 1. The van der Waals surface area contributed by atoms with Gasteiger partial charge in [-0.15, -0.1) is 0 Å². The van der Waals surface area contributed by atoms with Crippen molar-refractivity contribution < 1.29 is 14.3 Å². The van der Waals surface area contributed by atoms with E-state index in [1.165, 1.54) is 0 Å². The molecule has 0 unspecified atom stereocenters. The highest BCUT2D eigenvalue weighted by Crippen LogP contribution is 2.23. The van der Waals surface area contributed by atoms with Gasteiger partial charge in [0.25, 0.3) is 0 Å². The number of aliphatic carboxylic acids is 1. The Morgan fingerprint density at radius 3 is 2.68 bits per heavy atom.